The van der Waals surface area contributed by atoms with Gasteiger partial charge >= 0.3 is 0 Å². The second-order valence-electron chi connectivity index (χ2n) is 7.99. The number of nitrogens with one attached hydrogen (secondary N) is 2. The first kappa shape index (κ1) is 23.6. The van der Waals surface area contributed by atoms with Crippen LogP contribution in [-0.4, -0.2) is 36.0 Å². The molecule has 178 valence electrons. The van der Waals surface area contributed by atoms with Crippen LogP contribution >= 0.6 is 0 Å². The Morgan fingerprint density at radius 1 is 1.06 bits per heavy atom. The number of aromatic amines is 1. The van der Waals surface area contributed by atoms with E-state index >= 15 is 0 Å². The SMILES string of the molecule is COc1ccc([C@@H](C)NC(=O)/C=C/c2c[nH]c3ncc(-c4cccc(C(N)=O)c4)cc23)cc1OC. The minimum Gasteiger partial charge on any atom is -0.493 e. The first-order valence-electron chi connectivity index (χ1n) is 11.0. The predicted octanol–water partition coefficient (Wildman–Crippen LogP) is 4.24. The quantitative estimate of drug-likeness (QED) is 0.333. The third kappa shape index (κ3) is 5.16. The van der Waals surface area contributed by atoms with Gasteiger partial charge in [0.05, 0.1) is 20.3 Å². The Morgan fingerprint density at radius 3 is 2.60 bits per heavy atom. The fourth-order valence-corrected chi connectivity index (χ4v) is 3.80. The highest BCUT2D eigenvalue weighted by molar-refractivity contribution is 5.97. The fraction of sp³-hybridized carbons (Fsp3) is 0.148. The molecule has 0 radical (unpaired) electrons. The molecular formula is C27H26N4O4. The zero-order valence-electron chi connectivity index (χ0n) is 19.7. The second kappa shape index (κ2) is 10.1. The summed E-state index contributed by atoms with van der Waals surface area (Å²) >= 11 is 0. The Balaban J connectivity index is 1.52. The molecule has 2 heterocycles. The number of primary amides is 1. The monoisotopic (exact) mass is 470 g/mol. The number of aromatic nitrogens is 2. The minimum atomic E-state index is -0.487. The van der Waals surface area contributed by atoms with Crippen molar-refractivity contribution >= 4 is 28.9 Å². The van der Waals surface area contributed by atoms with Crippen LogP contribution in [0, 0.1) is 0 Å². The molecule has 4 N–H and O–H groups in total. The van der Waals surface area contributed by atoms with Crippen LogP contribution < -0.4 is 20.5 Å². The van der Waals surface area contributed by atoms with Gasteiger partial charge in [-0.05, 0) is 54.5 Å². The van der Waals surface area contributed by atoms with Crippen LogP contribution in [0.4, 0.5) is 0 Å². The summed E-state index contributed by atoms with van der Waals surface area (Å²) in [4.78, 5) is 31.7. The van der Waals surface area contributed by atoms with Crippen molar-refractivity contribution in [2.45, 2.75) is 13.0 Å². The summed E-state index contributed by atoms with van der Waals surface area (Å²) in [5.74, 6) is 0.507. The summed E-state index contributed by atoms with van der Waals surface area (Å²) in [6.07, 6.45) is 6.74. The number of hydrogen-bond acceptors (Lipinski definition) is 5. The maximum absolute atomic E-state index is 12.6. The number of amides is 2. The number of carbonyl (C=O) groups is 2. The number of H-pyrrole nitrogens is 1. The van der Waals surface area contributed by atoms with Crippen molar-refractivity contribution in [2.75, 3.05) is 14.2 Å². The smallest absolute Gasteiger partial charge is 0.248 e. The zero-order valence-corrected chi connectivity index (χ0v) is 19.7. The molecule has 2 aromatic carbocycles. The molecule has 4 aromatic rings. The lowest BCUT2D eigenvalue weighted by Gasteiger charge is -2.15. The zero-order chi connectivity index (χ0) is 24.9. The lowest BCUT2D eigenvalue weighted by molar-refractivity contribution is -0.117. The van der Waals surface area contributed by atoms with Crippen LogP contribution in [0.1, 0.15) is 34.5 Å². The molecule has 2 amide bonds. The van der Waals surface area contributed by atoms with Gasteiger partial charge in [0.25, 0.3) is 0 Å². The van der Waals surface area contributed by atoms with E-state index in [1.54, 1.807) is 50.9 Å². The fourth-order valence-electron chi connectivity index (χ4n) is 3.80. The molecule has 0 aliphatic rings. The number of pyridine rings is 1. The normalized spacial score (nSPS) is 12.0. The van der Waals surface area contributed by atoms with E-state index in [4.69, 9.17) is 15.2 Å². The Morgan fingerprint density at radius 2 is 1.86 bits per heavy atom. The topological polar surface area (TPSA) is 119 Å². The number of carbonyl (C=O) groups excluding carboxylic acids is 2. The van der Waals surface area contributed by atoms with Crippen molar-refractivity contribution in [1.82, 2.24) is 15.3 Å². The second-order valence-corrected chi connectivity index (χ2v) is 7.99. The van der Waals surface area contributed by atoms with Crippen molar-refractivity contribution in [3.8, 4) is 22.6 Å². The Labute approximate surface area is 202 Å². The van der Waals surface area contributed by atoms with E-state index in [2.05, 4.69) is 15.3 Å². The van der Waals surface area contributed by atoms with Crippen molar-refractivity contribution in [3.63, 3.8) is 0 Å². The van der Waals surface area contributed by atoms with E-state index in [-0.39, 0.29) is 11.9 Å². The molecule has 0 saturated heterocycles. The van der Waals surface area contributed by atoms with E-state index in [1.807, 2.05) is 37.3 Å². The van der Waals surface area contributed by atoms with Crippen LogP contribution in [0.15, 0.2) is 67.0 Å². The predicted molar refractivity (Wildman–Crippen MR) is 135 cm³/mol. The lowest BCUT2D eigenvalue weighted by Crippen LogP contribution is -2.24. The van der Waals surface area contributed by atoms with Gasteiger partial charge in [-0.15, -0.1) is 0 Å². The number of benzene rings is 2. The minimum absolute atomic E-state index is 0.235. The van der Waals surface area contributed by atoms with Crippen molar-refractivity contribution in [3.05, 3.63) is 83.7 Å². The van der Waals surface area contributed by atoms with Crippen LogP contribution in [0.3, 0.4) is 0 Å². The van der Waals surface area contributed by atoms with Gasteiger partial charge in [-0.3, -0.25) is 9.59 Å². The Bertz CT molecular complexity index is 1420. The number of nitrogens with two attached hydrogens (primary N) is 1. The first-order valence-corrected chi connectivity index (χ1v) is 11.0. The molecule has 4 rings (SSSR count). The number of methoxy groups -OCH3 is 2. The third-order valence-electron chi connectivity index (χ3n) is 5.72. The summed E-state index contributed by atoms with van der Waals surface area (Å²) in [6, 6.07) is 14.3. The molecule has 2 aromatic heterocycles. The van der Waals surface area contributed by atoms with Gasteiger partial charge in [0.1, 0.15) is 5.65 Å². The summed E-state index contributed by atoms with van der Waals surface area (Å²) in [5, 5.41) is 3.81. The van der Waals surface area contributed by atoms with Gasteiger partial charge in [0.2, 0.25) is 11.8 Å². The van der Waals surface area contributed by atoms with E-state index in [0.29, 0.717) is 22.7 Å². The molecule has 0 spiro atoms. The van der Waals surface area contributed by atoms with Crippen LogP contribution in [0.25, 0.3) is 28.2 Å². The molecule has 0 aliphatic heterocycles. The molecule has 0 unspecified atom stereocenters. The third-order valence-corrected chi connectivity index (χ3v) is 5.72. The van der Waals surface area contributed by atoms with Gasteiger partial charge in [-0.1, -0.05) is 18.2 Å². The van der Waals surface area contributed by atoms with Crippen LogP contribution in [0.2, 0.25) is 0 Å². The van der Waals surface area contributed by atoms with Crippen molar-refractivity contribution in [2.24, 2.45) is 5.73 Å². The molecule has 1 atom stereocenters. The molecule has 0 bridgehead atoms. The van der Waals surface area contributed by atoms with Gasteiger partial charge < -0.3 is 25.5 Å². The number of rotatable bonds is 8. The number of ether oxygens (including phenoxy) is 2. The highest BCUT2D eigenvalue weighted by Gasteiger charge is 2.12. The molecule has 0 saturated carbocycles. The lowest BCUT2D eigenvalue weighted by atomic mass is 10.0. The van der Waals surface area contributed by atoms with Gasteiger partial charge in [-0.25, -0.2) is 4.98 Å². The van der Waals surface area contributed by atoms with Crippen molar-refractivity contribution < 1.29 is 19.1 Å². The molecular weight excluding hydrogens is 444 g/mol. The maximum Gasteiger partial charge on any atom is 0.248 e. The molecule has 8 nitrogen and oxygen atoms in total. The summed E-state index contributed by atoms with van der Waals surface area (Å²) in [5.41, 5.74) is 9.90. The first-order chi connectivity index (χ1) is 16.9. The van der Waals surface area contributed by atoms with E-state index in [0.717, 1.165) is 27.6 Å². The molecule has 35 heavy (non-hydrogen) atoms. The summed E-state index contributed by atoms with van der Waals surface area (Å²) in [6.45, 7) is 1.90. The molecule has 8 heteroatoms. The van der Waals surface area contributed by atoms with E-state index < -0.39 is 5.91 Å². The standard InChI is InChI=1S/C27H26N4O4/c1-16(17-7-9-23(34-2)24(13-17)35-3)31-25(32)10-8-20-14-29-27-22(20)12-21(15-30-27)18-5-4-6-19(11-18)26(28)33/h4-16H,1-3H3,(H2,28,33)(H,29,30)(H,31,32)/b10-8+/t16-/m1/s1. The molecule has 0 fully saturated rings. The number of hydrogen-bond donors (Lipinski definition) is 3. The number of fused-ring (bicyclic) bond motifs is 1. The van der Waals surface area contributed by atoms with E-state index in [1.165, 1.54) is 6.08 Å². The highest BCUT2D eigenvalue weighted by Crippen LogP contribution is 2.30. The summed E-state index contributed by atoms with van der Waals surface area (Å²) < 4.78 is 10.6. The van der Waals surface area contributed by atoms with Crippen LogP contribution in [0.5, 0.6) is 11.5 Å². The van der Waals surface area contributed by atoms with Crippen molar-refractivity contribution in [1.29, 1.82) is 0 Å². The molecule has 0 aliphatic carbocycles. The number of nitrogens with zero attached hydrogens (tertiary/aromatic N) is 1. The van der Waals surface area contributed by atoms with E-state index in [9.17, 15) is 9.59 Å². The highest BCUT2D eigenvalue weighted by atomic mass is 16.5. The average Bonchev–Trinajstić information content (AvgIpc) is 3.29. The Kier molecular flexibility index (Phi) is 6.82. The largest absolute Gasteiger partial charge is 0.493 e. The average molecular weight is 471 g/mol. The van der Waals surface area contributed by atoms with Crippen LogP contribution in [-0.2, 0) is 4.79 Å². The summed E-state index contributed by atoms with van der Waals surface area (Å²) in [7, 11) is 3.15. The van der Waals surface area contributed by atoms with Gasteiger partial charge in [-0.2, -0.15) is 0 Å². The Hall–Kier alpha value is -4.59. The van der Waals surface area contributed by atoms with Gasteiger partial charge in [0.15, 0.2) is 11.5 Å². The maximum atomic E-state index is 12.6. The van der Waals surface area contributed by atoms with Gasteiger partial charge in [0, 0.05) is 40.5 Å².